The second-order valence-electron chi connectivity index (χ2n) is 8.03. The van der Waals surface area contributed by atoms with Crippen LogP contribution in [0.5, 0.6) is 0 Å². The number of hydrogen-bond donors (Lipinski definition) is 4. The molecule has 0 radical (unpaired) electrons. The highest BCUT2D eigenvalue weighted by atomic mass is 16.6. The Bertz CT molecular complexity index is 1920. The summed E-state index contributed by atoms with van der Waals surface area (Å²) in [4.78, 5) is 67.3. The van der Waals surface area contributed by atoms with Crippen molar-refractivity contribution in [1.82, 2.24) is 19.9 Å². The van der Waals surface area contributed by atoms with Crippen LogP contribution in [-0.2, 0) is 0 Å². The lowest BCUT2D eigenvalue weighted by Gasteiger charge is -2.07. The number of nitrogens with two attached hydrogens (primary N) is 1. The molecule has 3 heterocycles. The molecule has 5 N–H and O–H groups in total. The number of anilines is 1. The first-order chi connectivity index (χ1) is 19.1. The molecular formula is C25H17N7O8. The number of rotatable bonds is 5. The second kappa shape index (κ2) is 11.0. The quantitative estimate of drug-likeness (QED) is 0.185. The largest absolute Gasteiger partial charge is 0.478 e. The predicted octanol–water partition coefficient (Wildman–Crippen LogP) is 3.12. The molecule has 15 heteroatoms. The molecule has 5 rings (SSSR count). The number of aromatic carboxylic acids is 1. The molecule has 0 saturated heterocycles. The van der Waals surface area contributed by atoms with Gasteiger partial charge in [-0.15, -0.1) is 0 Å². The number of aromatic nitrogens is 4. The highest BCUT2D eigenvalue weighted by Crippen LogP contribution is 2.29. The van der Waals surface area contributed by atoms with Crippen LogP contribution < -0.4 is 17.0 Å². The van der Waals surface area contributed by atoms with Crippen molar-refractivity contribution in [2.24, 2.45) is 0 Å². The Balaban J connectivity index is 0.000000186. The molecule has 0 amide bonds. The van der Waals surface area contributed by atoms with E-state index in [1.807, 2.05) is 0 Å². The number of H-pyrrole nitrogens is 2. The minimum absolute atomic E-state index is 0.0181. The molecule has 3 aromatic heterocycles. The zero-order chi connectivity index (χ0) is 29.0. The SMILES string of the molecule is Nc1c(C(=O)O)ccnc1-c1cccc([N+](=O)[O-])c1.O=c1[nH]c(=O)c2ccnc(-c3cccc([N+](=O)[O-])c3)c2[nH]1. The van der Waals surface area contributed by atoms with Gasteiger partial charge in [0.15, 0.2) is 0 Å². The van der Waals surface area contributed by atoms with Crippen molar-refractivity contribution < 1.29 is 19.7 Å². The van der Waals surface area contributed by atoms with Crippen LogP contribution in [0.25, 0.3) is 33.4 Å². The van der Waals surface area contributed by atoms with Gasteiger partial charge in [0.1, 0.15) is 0 Å². The van der Waals surface area contributed by atoms with Crippen molar-refractivity contribution in [2.75, 3.05) is 5.73 Å². The summed E-state index contributed by atoms with van der Waals surface area (Å²) in [7, 11) is 0. The van der Waals surface area contributed by atoms with Crippen LogP contribution in [0.3, 0.4) is 0 Å². The summed E-state index contributed by atoms with van der Waals surface area (Å²) in [6.07, 6.45) is 2.71. The summed E-state index contributed by atoms with van der Waals surface area (Å²) < 4.78 is 0. The molecule has 0 saturated carbocycles. The van der Waals surface area contributed by atoms with Gasteiger partial charge in [-0.2, -0.15) is 0 Å². The molecule has 5 aromatic rings. The maximum Gasteiger partial charge on any atom is 0.337 e. The highest BCUT2D eigenvalue weighted by molar-refractivity contribution is 5.97. The number of nitrogen functional groups attached to an aromatic ring is 1. The van der Waals surface area contributed by atoms with Gasteiger partial charge in [-0.1, -0.05) is 24.3 Å². The smallest absolute Gasteiger partial charge is 0.337 e. The molecule has 0 aliphatic heterocycles. The molecular weight excluding hydrogens is 526 g/mol. The maximum absolute atomic E-state index is 11.7. The lowest BCUT2D eigenvalue weighted by molar-refractivity contribution is -0.385. The summed E-state index contributed by atoms with van der Waals surface area (Å²) in [6, 6.07) is 14.3. The number of carboxylic acids is 1. The number of carboxylic acid groups (broad SMARTS) is 1. The van der Waals surface area contributed by atoms with Crippen LogP contribution in [0.4, 0.5) is 17.1 Å². The number of nitro groups is 2. The Morgan fingerprint density at radius 1 is 0.825 bits per heavy atom. The third kappa shape index (κ3) is 5.52. The number of non-ortho nitro benzene ring substituents is 2. The number of nitro benzene ring substituents is 2. The molecule has 0 bridgehead atoms. The fraction of sp³-hybridized carbons (Fsp3) is 0. The minimum atomic E-state index is -1.17. The van der Waals surface area contributed by atoms with Gasteiger partial charge in [0, 0.05) is 47.8 Å². The van der Waals surface area contributed by atoms with Crippen molar-refractivity contribution in [1.29, 1.82) is 0 Å². The molecule has 0 aliphatic rings. The van der Waals surface area contributed by atoms with E-state index in [1.165, 1.54) is 60.9 Å². The number of nitrogens with zero attached hydrogens (tertiary/aromatic N) is 4. The van der Waals surface area contributed by atoms with Gasteiger partial charge in [-0.3, -0.25) is 40.0 Å². The molecule has 0 atom stereocenters. The van der Waals surface area contributed by atoms with Crippen molar-refractivity contribution in [2.45, 2.75) is 0 Å². The van der Waals surface area contributed by atoms with Gasteiger partial charge in [-0.05, 0) is 12.1 Å². The third-order valence-corrected chi connectivity index (χ3v) is 5.54. The average molecular weight is 543 g/mol. The number of fused-ring (bicyclic) bond motifs is 1. The topological polar surface area (TPSA) is 241 Å². The van der Waals surface area contributed by atoms with E-state index < -0.39 is 27.1 Å². The molecule has 15 nitrogen and oxygen atoms in total. The van der Waals surface area contributed by atoms with E-state index in [-0.39, 0.29) is 39.2 Å². The van der Waals surface area contributed by atoms with Crippen LogP contribution in [0.1, 0.15) is 10.4 Å². The zero-order valence-electron chi connectivity index (χ0n) is 20.1. The Labute approximate surface area is 221 Å². The van der Waals surface area contributed by atoms with Crippen LogP contribution in [-0.4, -0.2) is 40.9 Å². The van der Waals surface area contributed by atoms with Crippen molar-refractivity contribution in [3.8, 4) is 22.5 Å². The number of pyridine rings is 2. The van der Waals surface area contributed by atoms with Crippen LogP contribution in [0, 0.1) is 20.2 Å². The van der Waals surface area contributed by atoms with Gasteiger partial charge >= 0.3 is 11.7 Å². The van der Waals surface area contributed by atoms with E-state index in [9.17, 15) is 34.6 Å². The fourth-order valence-corrected chi connectivity index (χ4v) is 3.73. The number of carbonyl (C=O) groups is 1. The molecule has 2 aromatic carbocycles. The maximum atomic E-state index is 11.7. The average Bonchev–Trinajstić information content (AvgIpc) is 2.93. The monoisotopic (exact) mass is 543 g/mol. The third-order valence-electron chi connectivity index (χ3n) is 5.54. The van der Waals surface area contributed by atoms with Gasteiger partial charge in [0.25, 0.3) is 16.9 Å². The number of nitrogens with one attached hydrogen (secondary N) is 2. The van der Waals surface area contributed by atoms with Gasteiger partial charge in [0.05, 0.1) is 43.4 Å². The first kappa shape index (κ1) is 26.8. The Morgan fingerprint density at radius 2 is 1.38 bits per heavy atom. The van der Waals surface area contributed by atoms with E-state index in [2.05, 4.69) is 19.9 Å². The lowest BCUT2D eigenvalue weighted by Crippen LogP contribution is -2.22. The number of aromatic amines is 2. The highest BCUT2D eigenvalue weighted by Gasteiger charge is 2.16. The molecule has 0 unspecified atom stereocenters. The molecule has 0 spiro atoms. The molecule has 0 aliphatic carbocycles. The van der Waals surface area contributed by atoms with Gasteiger partial charge in [0.2, 0.25) is 0 Å². The standard InChI is InChI=1S/C13H8N4O4.C12H9N3O4/c18-12-9-4-5-14-10(11(9)15-13(19)16-12)7-2-1-3-8(6-7)17(20)21;13-10-9(12(16)17)4-5-14-11(10)7-2-1-3-8(6-7)15(18)19/h1-6H,(H2,15,16,18,19);1-6H,13H2,(H,16,17). The Hall–Kier alpha value is -6.25. The van der Waals surface area contributed by atoms with Crippen molar-refractivity contribution >= 4 is 33.9 Å². The van der Waals surface area contributed by atoms with E-state index in [4.69, 9.17) is 10.8 Å². The minimum Gasteiger partial charge on any atom is -0.478 e. The number of hydrogen-bond acceptors (Lipinski definition) is 10. The normalized spacial score (nSPS) is 10.4. The fourth-order valence-electron chi connectivity index (χ4n) is 3.73. The van der Waals surface area contributed by atoms with E-state index in [0.29, 0.717) is 16.8 Å². The molecule has 40 heavy (non-hydrogen) atoms. The van der Waals surface area contributed by atoms with E-state index in [0.717, 1.165) is 0 Å². The zero-order valence-corrected chi connectivity index (χ0v) is 20.1. The lowest BCUT2D eigenvalue weighted by atomic mass is 10.1. The summed E-state index contributed by atoms with van der Waals surface area (Å²) in [5.74, 6) is -1.17. The number of benzene rings is 2. The molecule has 0 fully saturated rings. The summed E-state index contributed by atoms with van der Waals surface area (Å²) in [5, 5.41) is 30.8. The predicted molar refractivity (Wildman–Crippen MR) is 143 cm³/mol. The van der Waals surface area contributed by atoms with E-state index >= 15 is 0 Å². The van der Waals surface area contributed by atoms with Gasteiger partial charge in [-0.25, -0.2) is 9.59 Å². The Morgan fingerprint density at radius 3 is 1.95 bits per heavy atom. The summed E-state index contributed by atoms with van der Waals surface area (Å²) in [5.41, 5.74) is 5.81. The van der Waals surface area contributed by atoms with Crippen LogP contribution >= 0.6 is 0 Å². The van der Waals surface area contributed by atoms with Crippen LogP contribution in [0.15, 0.2) is 82.6 Å². The van der Waals surface area contributed by atoms with Crippen molar-refractivity contribution in [3.05, 3.63) is 120 Å². The first-order valence-corrected chi connectivity index (χ1v) is 11.2. The van der Waals surface area contributed by atoms with Gasteiger partial charge < -0.3 is 15.8 Å². The van der Waals surface area contributed by atoms with E-state index in [1.54, 1.807) is 12.1 Å². The Kier molecular flexibility index (Phi) is 7.38. The summed E-state index contributed by atoms with van der Waals surface area (Å²) >= 11 is 0. The molecule has 200 valence electrons. The van der Waals surface area contributed by atoms with Crippen molar-refractivity contribution in [3.63, 3.8) is 0 Å². The van der Waals surface area contributed by atoms with Crippen LogP contribution in [0.2, 0.25) is 0 Å². The first-order valence-electron chi connectivity index (χ1n) is 11.2. The second-order valence-corrected chi connectivity index (χ2v) is 8.03. The summed E-state index contributed by atoms with van der Waals surface area (Å²) in [6.45, 7) is 0.